The molecule has 3 rings (SSSR count). The van der Waals surface area contributed by atoms with Gasteiger partial charge in [-0.2, -0.15) is 0 Å². The quantitative estimate of drug-likeness (QED) is 0.856. The van der Waals surface area contributed by atoms with Crippen molar-refractivity contribution < 1.29 is 14.6 Å². The summed E-state index contributed by atoms with van der Waals surface area (Å²) in [6, 6.07) is 7.87. The van der Waals surface area contributed by atoms with Crippen molar-refractivity contribution >= 4 is 11.7 Å². The van der Waals surface area contributed by atoms with Gasteiger partial charge in [0.1, 0.15) is 11.8 Å². The summed E-state index contributed by atoms with van der Waals surface area (Å²) in [4.78, 5) is 13.5. The lowest BCUT2D eigenvalue weighted by molar-refractivity contribution is -0.140. The number of nitrogens with zero attached hydrogens (tertiary/aromatic N) is 1. The van der Waals surface area contributed by atoms with Gasteiger partial charge in [0.15, 0.2) is 0 Å². The van der Waals surface area contributed by atoms with Crippen LogP contribution < -0.4 is 15.0 Å². The molecule has 0 spiro atoms. The molecule has 108 valence electrons. The predicted octanol–water partition coefficient (Wildman–Crippen LogP) is 1.48. The summed E-state index contributed by atoms with van der Waals surface area (Å²) < 4.78 is 5.77. The average molecular weight is 276 g/mol. The van der Waals surface area contributed by atoms with Crippen LogP contribution in [0.1, 0.15) is 19.3 Å². The summed E-state index contributed by atoms with van der Waals surface area (Å²) in [6.07, 6.45) is 2.58. The number of benzene rings is 1. The molecule has 0 saturated carbocycles. The van der Waals surface area contributed by atoms with Crippen LogP contribution in [0.4, 0.5) is 5.69 Å². The molecule has 5 nitrogen and oxygen atoms in total. The third-order valence-corrected chi connectivity index (χ3v) is 4.09. The lowest BCUT2D eigenvalue weighted by Crippen LogP contribution is -2.51. The number of hydrogen-bond acceptors (Lipinski definition) is 4. The second kappa shape index (κ2) is 5.71. The summed E-state index contributed by atoms with van der Waals surface area (Å²) >= 11 is 0. The Morgan fingerprint density at radius 1 is 1.40 bits per heavy atom. The molecule has 2 aliphatic rings. The molecule has 0 bridgehead atoms. The topological polar surface area (TPSA) is 61.8 Å². The van der Waals surface area contributed by atoms with E-state index >= 15 is 0 Å². The van der Waals surface area contributed by atoms with Gasteiger partial charge < -0.3 is 20.1 Å². The van der Waals surface area contributed by atoms with Crippen molar-refractivity contribution in [1.82, 2.24) is 5.32 Å². The SMILES string of the molecule is O=C(O)[C@@H]1C[C@H](N2CCCOc3ccccc32)CCN1. The molecule has 0 radical (unpaired) electrons. The van der Waals surface area contributed by atoms with Gasteiger partial charge in [0.05, 0.1) is 12.3 Å². The fraction of sp³-hybridized carbons (Fsp3) is 0.533. The highest BCUT2D eigenvalue weighted by Gasteiger charge is 2.31. The Morgan fingerprint density at radius 2 is 2.25 bits per heavy atom. The largest absolute Gasteiger partial charge is 0.491 e. The summed E-state index contributed by atoms with van der Waals surface area (Å²) in [5.41, 5.74) is 1.10. The molecule has 2 aliphatic heterocycles. The lowest BCUT2D eigenvalue weighted by Gasteiger charge is -2.38. The number of carboxylic acid groups (broad SMARTS) is 1. The number of para-hydroxylation sites is 2. The van der Waals surface area contributed by atoms with Crippen molar-refractivity contribution in [2.45, 2.75) is 31.3 Å². The molecule has 0 aromatic heterocycles. The second-order valence-electron chi connectivity index (χ2n) is 5.39. The average Bonchev–Trinajstić information content (AvgIpc) is 2.69. The first-order valence-corrected chi connectivity index (χ1v) is 7.20. The van der Waals surface area contributed by atoms with Crippen molar-refractivity contribution in [2.24, 2.45) is 0 Å². The molecule has 1 saturated heterocycles. The molecule has 2 atom stereocenters. The van der Waals surface area contributed by atoms with E-state index in [-0.39, 0.29) is 6.04 Å². The van der Waals surface area contributed by atoms with Crippen molar-refractivity contribution in [3.05, 3.63) is 24.3 Å². The number of hydrogen-bond donors (Lipinski definition) is 2. The number of carbonyl (C=O) groups is 1. The Bertz CT molecular complexity index is 492. The lowest BCUT2D eigenvalue weighted by atomic mass is 9.97. The second-order valence-corrected chi connectivity index (χ2v) is 5.39. The van der Waals surface area contributed by atoms with E-state index in [1.165, 1.54) is 0 Å². The zero-order valence-corrected chi connectivity index (χ0v) is 11.4. The number of fused-ring (bicyclic) bond motifs is 1. The van der Waals surface area contributed by atoms with Gasteiger partial charge in [-0.05, 0) is 37.9 Å². The maximum Gasteiger partial charge on any atom is 0.320 e. The van der Waals surface area contributed by atoms with Crippen LogP contribution in [0.5, 0.6) is 5.75 Å². The Morgan fingerprint density at radius 3 is 3.10 bits per heavy atom. The van der Waals surface area contributed by atoms with E-state index in [2.05, 4.69) is 16.3 Å². The molecule has 1 fully saturated rings. The first kappa shape index (κ1) is 13.2. The van der Waals surface area contributed by atoms with E-state index in [4.69, 9.17) is 4.74 Å². The smallest absolute Gasteiger partial charge is 0.320 e. The van der Waals surface area contributed by atoms with Crippen LogP contribution in [0, 0.1) is 0 Å². The standard InChI is InChI=1S/C15H20N2O3/c18-15(19)12-10-11(6-7-16-12)17-8-3-9-20-14-5-2-1-4-13(14)17/h1-2,4-5,11-12,16H,3,6-10H2,(H,18,19)/t11-,12+/m1/s1. The van der Waals surface area contributed by atoms with Gasteiger partial charge in [-0.3, -0.25) is 4.79 Å². The number of piperidine rings is 1. The molecular weight excluding hydrogens is 256 g/mol. The van der Waals surface area contributed by atoms with E-state index in [1.54, 1.807) is 0 Å². The summed E-state index contributed by atoms with van der Waals surface area (Å²) in [7, 11) is 0. The van der Waals surface area contributed by atoms with Crippen LogP contribution in [0.25, 0.3) is 0 Å². The van der Waals surface area contributed by atoms with Crippen LogP contribution in [-0.4, -0.2) is 42.9 Å². The van der Waals surface area contributed by atoms with E-state index < -0.39 is 12.0 Å². The van der Waals surface area contributed by atoms with E-state index in [9.17, 15) is 9.90 Å². The van der Waals surface area contributed by atoms with Crippen LogP contribution in [0.3, 0.4) is 0 Å². The summed E-state index contributed by atoms with van der Waals surface area (Å²) in [5, 5.41) is 12.3. The maximum atomic E-state index is 11.2. The van der Waals surface area contributed by atoms with Crippen LogP contribution in [0.2, 0.25) is 0 Å². The fourth-order valence-electron chi connectivity index (χ4n) is 3.10. The third-order valence-electron chi connectivity index (χ3n) is 4.09. The first-order chi connectivity index (χ1) is 9.75. The van der Waals surface area contributed by atoms with Gasteiger partial charge >= 0.3 is 5.97 Å². The summed E-state index contributed by atoms with van der Waals surface area (Å²) in [6.45, 7) is 2.40. The van der Waals surface area contributed by atoms with Gasteiger partial charge in [0, 0.05) is 12.6 Å². The minimum atomic E-state index is -0.756. The van der Waals surface area contributed by atoms with E-state index in [0.29, 0.717) is 6.42 Å². The number of nitrogens with one attached hydrogen (secondary N) is 1. The molecule has 2 N–H and O–H groups in total. The number of aliphatic carboxylic acids is 1. The molecule has 0 unspecified atom stereocenters. The number of anilines is 1. The van der Waals surface area contributed by atoms with Crippen molar-refractivity contribution in [3.63, 3.8) is 0 Å². The van der Waals surface area contributed by atoms with Crippen molar-refractivity contribution in [3.8, 4) is 5.75 Å². The Balaban J connectivity index is 1.84. The van der Waals surface area contributed by atoms with Gasteiger partial charge in [-0.1, -0.05) is 12.1 Å². The van der Waals surface area contributed by atoms with E-state index in [1.807, 2.05) is 18.2 Å². The molecule has 0 amide bonds. The minimum absolute atomic E-state index is 0.264. The minimum Gasteiger partial charge on any atom is -0.491 e. The Labute approximate surface area is 118 Å². The number of carboxylic acids is 1. The molecule has 2 heterocycles. The molecule has 5 heteroatoms. The number of ether oxygens (including phenoxy) is 1. The zero-order valence-electron chi connectivity index (χ0n) is 11.4. The van der Waals surface area contributed by atoms with Gasteiger partial charge in [-0.15, -0.1) is 0 Å². The third kappa shape index (κ3) is 2.58. The normalized spacial score (nSPS) is 26.3. The first-order valence-electron chi connectivity index (χ1n) is 7.20. The van der Waals surface area contributed by atoms with Crippen LogP contribution in [0.15, 0.2) is 24.3 Å². The van der Waals surface area contributed by atoms with Gasteiger partial charge in [0.2, 0.25) is 0 Å². The molecule has 1 aromatic rings. The van der Waals surface area contributed by atoms with E-state index in [0.717, 1.165) is 44.0 Å². The molecule has 1 aromatic carbocycles. The predicted molar refractivity (Wildman–Crippen MR) is 76.3 cm³/mol. The maximum absolute atomic E-state index is 11.2. The van der Waals surface area contributed by atoms with Crippen LogP contribution >= 0.6 is 0 Å². The highest BCUT2D eigenvalue weighted by atomic mass is 16.5. The monoisotopic (exact) mass is 276 g/mol. The zero-order chi connectivity index (χ0) is 13.9. The van der Waals surface area contributed by atoms with Gasteiger partial charge in [0.25, 0.3) is 0 Å². The van der Waals surface area contributed by atoms with Crippen LogP contribution in [-0.2, 0) is 4.79 Å². The summed E-state index contributed by atoms with van der Waals surface area (Å²) in [5.74, 6) is 0.157. The highest BCUT2D eigenvalue weighted by molar-refractivity contribution is 5.74. The van der Waals surface area contributed by atoms with Gasteiger partial charge in [-0.25, -0.2) is 0 Å². The molecule has 20 heavy (non-hydrogen) atoms. The Kier molecular flexibility index (Phi) is 3.78. The Hall–Kier alpha value is -1.75. The fourth-order valence-corrected chi connectivity index (χ4v) is 3.10. The van der Waals surface area contributed by atoms with Crippen molar-refractivity contribution in [2.75, 3.05) is 24.6 Å². The van der Waals surface area contributed by atoms with Crippen molar-refractivity contribution in [1.29, 1.82) is 0 Å². The number of rotatable bonds is 2. The highest BCUT2D eigenvalue weighted by Crippen LogP contribution is 2.34. The molecular formula is C15H20N2O3. The molecule has 0 aliphatic carbocycles.